The third kappa shape index (κ3) is 3.16. The van der Waals surface area contributed by atoms with E-state index in [1.807, 2.05) is 0 Å². The van der Waals surface area contributed by atoms with Crippen molar-refractivity contribution >= 4 is 33.0 Å². The van der Waals surface area contributed by atoms with Gasteiger partial charge >= 0.3 is 0 Å². The maximum absolute atomic E-state index is 12.7. The molecule has 21 heavy (non-hydrogen) atoms. The summed E-state index contributed by atoms with van der Waals surface area (Å²) in [6.45, 7) is 1.35. The van der Waals surface area contributed by atoms with Crippen LogP contribution in [-0.2, 0) is 15.9 Å². The van der Waals surface area contributed by atoms with Gasteiger partial charge in [-0.25, -0.2) is 8.42 Å². The van der Waals surface area contributed by atoms with E-state index < -0.39 is 10.0 Å². The monoisotopic (exact) mass is 347 g/mol. The maximum atomic E-state index is 12.7. The smallest absolute Gasteiger partial charge is 0.207 e. The minimum absolute atomic E-state index is 0.378. The van der Waals surface area contributed by atoms with Crippen molar-refractivity contribution in [1.29, 1.82) is 0 Å². The Hall–Kier alpha value is -0.100. The first-order chi connectivity index (χ1) is 10.1. The fraction of sp³-hybridized carbons (Fsp3) is 0.733. The topological polar surface area (TPSA) is 37.4 Å². The van der Waals surface area contributed by atoms with Gasteiger partial charge in [-0.3, -0.25) is 0 Å². The molecule has 2 fully saturated rings. The van der Waals surface area contributed by atoms with Crippen molar-refractivity contribution in [2.24, 2.45) is 5.41 Å². The van der Waals surface area contributed by atoms with Crippen molar-refractivity contribution in [3.63, 3.8) is 0 Å². The van der Waals surface area contributed by atoms with Gasteiger partial charge in [0.2, 0.25) is 10.0 Å². The lowest BCUT2D eigenvalue weighted by atomic mass is 9.68. The molecule has 6 heteroatoms. The number of sulfonamides is 1. The van der Waals surface area contributed by atoms with Crippen molar-refractivity contribution in [2.45, 2.75) is 55.7 Å². The average Bonchev–Trinajstić information content (AvgIpc) is 2.98. The molecule has 0 atom stereocenters. The summed E-state index contributed by atoms with van der Waals surface area (Å²) in [5.74, 6) is 0.378. The van der Waals surface area contributed by atoms with Crippen LogP contribution in [-0.4, -0.2) is 25.8 Å². The third-order valence-electron chi connectivity index (χ3n) is 5.10. The van der Waals surface area contributed by atoms with Gasteiger partial charge in [-0.2, -0.15) is 4.31 Å². The largest absolute Gasteiger partial charge is 0.243 e. The number of alkyl halides is 1. The second-order valence-corrected chi connectivity index (χ2v) is 9.55. The van der Waals surface area contributed by atoms with Crippen molar-refractivity contribution in [3.05, 3.63) is 16.3 Å². The zero-order valence-corrected chi connectivity index (χ0v) is 14.6. The molecule has 0 amide bonds. The van der Waals surface area contributed by atoms with Crippen LogP contribution in [0, 0.1) is 5.41 Å². The Labute approximate surface area is 136 Å². The molecule has 118 valence electrons. The summed E-state index contributed by atoms with van der Waals surface area (Å²) in [4.78, 5) is 1.33. The van der Waals surface area contributed by atoms with E-state index >= 15 is 0 Å². The lowest BCUT2D eigenvalue weighted by molar-refractivity contribution is 0.102. The van der Waals surface area contributed by atoms with Crippen LogP contribution in [0.2, 0.25) is 0 Å². The first-order valence-electron chi connectivity index (χ1n) is 7.69. The molecule has 1 spiro atoms. The van der Waals surface area contributed by atoms with E-state index in [4.69, 9.17) is 11.6 Å². The van der Waals surface area contributed by atoms with Crippen molar-refractivity contribution in [3.8, 4) is 0 Å². The number of thiophene rings is 1. The Morgan fingerprint density at radius 3 is 2.38 bits per heavy atom. The van der Waals surface area contributed by atoms with Gasteiger partial charge in [0, 0.05) is 23.3 Å². The molecule has 0 unspecified atom stereocenters. The van der Waals surface area contributed by atoms with E-state index in [9.17, 15) is 8.42 Å². The predicted octanol–water partition coefficient (Wildman–Crippen LogP) is 4.22. The van der Waals surface area contributed by atoms with E-state index in [0.29, 0.717) is 29.3 Å². The average molecular weight is 348 g/mol. The molecule has 1 aromatic heterocycles. The van der Waals surface area contributed by atoms with Gasteiger partial charge in [0.25, 0.3) is 0 Å². The summed E-state index contributed by atoms with van der Waals surface area (Å²) in [6.07, 6.45) is 8.61. The Morgan fingerprint density at radius 2 is 1.81 bits per heavy atom. The van der Waals surface area contributed by atoms with Crippen LogP contribution in [0.25, 0.3) is 0 Å². The van der Waals surface area contributed by atoms with Gasteiger partial charge in [-0.05, 0) is 37.2 Å². The molecular formula is C15H22ClNO2S2. The van der Waals surface area contributed by atoms with Crippen LogP contribution in [0.5, 0.6) is 0 Å². The molecule has 0 radical (unpaired) electrons. The summed E-state index contributed by atoms with van der Waals surface area (Å²) in [7, 11) is -3.32. The highest BCUT2D eigenvalue weighted by Crippen LogP contribution is 2.45. The minimum Gasteiger partial charge on any atom is -0.207 e. The number of piperidine rings is 1. The molecule has 3 nitrogen and oxygen atoms in total. The normalized spacial score (nSPS) is 23.5. The van der Waals surface area contributed by atoms with Crippen molar-refractivity contribution < 1.29 is 8.42 Å². The maximum Gasteiger partial charge on any atom is 0.243 e. The van der Waals surface area contributed by atoms with Crippen LogP contribution in [0.3, 0.4) is 0 Å². The fourth-order valence-corrected chi connectivity index (χ4v) is 6.54. The molecule has 3 rings (SSSR count). The Bertz CT molecular complexity index is 581. The van der Waals surface area contributed by atoms with Crippen molar-refractivity contribution in [2.75, 3.05) is 13.1 Å². The van der Waals surface area contributed by atoms with E-state index in [0.717, 1.165) is 17.7 Å². The van der Waals surface area contributed by atoms with Crippen LogP contribution in [0.1, 0.15) is 49.8 Å². The molecule has 0 bridgehead atoms. The van der Waals surface area contributed by atoms with E-state index in [1.165, 1.54) is 43.4 Å². The summed E-state index contributed by atoms with van der Waals surface area (Å²) in [5.41, 5.74) is 0.431. The summed E-state index contributed by atoms with van der Waals surface area (Å²) in [6, 6.07) is 1.72. The second kappa shape index (κ2) is 6.19. The quantitative estimate of drug-likeness (QED) is 0.767. The molecule has 2 aliphatic rings. The first kappa shape index (κ1) is 15.8. The lowest BCUT2D eigenvalue weighted by Crippen LogP contribution is -2.43. The van der Waals surface area contributed by atoms with Crippen LogP contribution < -0.4 is 0 Å². The van der Waals surface area contributed by atoms with E-state index in [2.05, 4.69) is 0 Å². The fourth-order valence-electron chi connectivity index (χ4n) is 3.72. The highest BCUT2D eigenvalue weighted by molar-refractivity contribution is 7.89. The number of nitrogens with zero attached hydrogens (tertiary/aromatic N) is 1. The highest BCUT2D eigenvalue weighted by Gasteiger charge is 2.39. The predicted molar refractivity (Wildman–Crippen MR) is 87.4 cm³/mol. The summed E-state index contributed by atoms with van der Waals surface area (Å²) < 4.78 is 27.0. The zero-order valence-electron chi connectivity index (χ0n) is 12.2. The molecule has 1 aliphatic heterocycles. The Kier molecular flexibility index (Phi) is 4.65. The van der Waals surface area contributed by atoms with Gasteiger partial charge < -0.3 is 0 Å². The molecule has 1 aliphatic carbocycles. The minimum atomic E-state index is -3.32. The molecule has 0 aromatic carbocycles. The highest BCUT2D eigenvalue weighted by atomic mass is 35.5. The van der Waals surface area contributed by atoms with Gasteiger partial charge in [-0.1, -0.05) is 19.3 Å². The van der Waals surface area contributed by atoms with Crippen LogP contribution in [0.15, 0.2) is 16.3 Å². The number of hydrogen-bond donors (Lipinski definition) is 0. The molecule has 1 saturated heterocycles. The summed E-state index contributed by atoms with van der Waals surface area (Å²) >= 11 is 7.20. The number of rotatable bonds is 3. The molecule has 1 aromatic rings. The number of hydrogen-bond acceptors (Lipinski definition) is 3. The molecular weight excluding hydrogens is 326 g/mol. The van der Waals surface area contributed by atoms with Gasteiger partial charge in [0.15, 0.2) is 0 Å². The zero-order chi connectivity index (χ0) is 14.9. The Morgan fingerprint density at radius 1 is 1.14 bits per heavy atom. The lowest BCUT2D eigenvalue weighted by Gasteiger charge is -2.43. The van der Waals surface area contributed by atoms with Crippen LogP contribution >= 0.6 is 22.9 Å². The van der Waals surface area contributed by atoms with Gasteiger partial charge in [-0.15, -0.1) is 22.9 Å². The molecule has 0 N–H and O–H groups in total. The molecule has 2 heterocycles. The SMILES string of the molecule is O=S(=O)(c1csc(CCl)c1)N1CCC2(CCCCC2)CC1. The van der Waals surface area contributed by atoms with Crippen molar-refractivity contribution in [1.82, 2.24) is 4.31 Å². The first-order valence-corrected chi connectivity index (χ1v) is 10.5. The second-order valence-electron chi connectivity index (χ2n) is 6.35. The van der Waals surface area contributed by atoms with E-state index in [-0.39, 0.29) is 0 Å². The van der Waals surface area contributed by atoms with Gasteiger partial charge in [0.1, 0.15) is 0 Å². The number of halogens is 1. The summed E-state index contributed by atoms with van der Waals surface area (Å²) in [5, 5.41) is 1.72. The van der Waals surface area contributed by atoms with Crippen LogP contribution in [0.4, 0.5) is 0 Å². The third-order valence-corrected chi connectivity index (χ3v) is 8.51. The standard InChI is InChI=1S/C15H22ClNO2S2/c16-11-13-10-14(12-20-13)21(18,19)17-8-6-15(7-9-17)4-2-1-3-5-15/h10,12H,1-9,11H2. The Balaban J connectivity index is 1.70. The van der Waals surface area contributed by atoms with E-state index in [1.54, 1.807) is 15.8 Å². The van der Waals surface area contributed by atoms with Gasteiger partial charge in [0.05, 0.1) is 10.8 Å². The molecule has 1 saturated carbocycles.